The molecule has 11 heteroatoms. The van der Waals surface area contributed by atoms with Crippen molar-refractivity contribution in [2.45, 2.75) is 31.7 Å². The van der Waals surface area contributed by atoms with E-state index in [-0.39, 0.29) is 19.0 Å². The van der Waals surface area contributed by atoms with Gasteiger partial charge >= 0.3 is 0 Å². The number of carbonyl (C=O) groups excluding carboxylic acids is 2. The predicted molar refractivity (Wildman–Crippen MR) is 160 cm³/mol. The van der Waals surface area contributed by atoms with Gasteiger partial charge in [0.25, 0.3) is 5.91 Å². The number of nitrogens with zero attached hydrogens (tertiary/aromatic N) is 4. The maximum absolute atomic E-state index is 14.4. The molecule has 0 bridgehead atoms. The van der Waals surface area contributed by atoms with Gasteiger partial charge in [0, 0.05) is 25.0 Å². The highest BCUT2D eigenvalue weighted by atomic mass is 32.1. The Bertz CT molecular complexity index is 1810. The van der Waals surface area contributed by atoms with E-state index in [1.807, 2.05) is 71.0 Å². The van der Waals surface area contributed by atoms with Crippen LogP contribution in [0.1, 0.15) is 34.5 Å². The quantitative estimate of drug-likeness (QED) is 0.259. The number of nitrogens with one attached hydrogen (secondary N) is 1. The van der Waals surface area contributed by atoms with Crippen molar-refractivity contribution in [2.24, 2.45) is 0 Å². The Kier molecular flexibility index (Phi) is 7.66. The molecule has 1 aliphatic rings. The van der Waals surface area contributed by atoms with Crippen LogP contribution < -0.4 is 5.32 Å². The third kappa shape index (κ3) is 5.36. The number of piperidine rings is 1. The Morgan fingerprint density at radius 3 is 2.47 bits per heavy atom. The van der Waals surface area contributed by atoms with E-state index in [0.717, 1.165) is 39.3 Å². The van der Waals surface area contributed by atoms with Gasteiger partial charge < -0.3 is 19.9 Å². The van der Waals surface area contributed by atoms with Crippen molar-refractivity contribution in [3.63, 3.8) is 0 Å². The maximum atomic E-state index is 14.4. The molecule has 2 aromatic heterocycles. The van der Waals surface area contributed by atoms with Crippen LogP contribution in [-0.2, 0) is 16.8 Å². The van der Waals surface area contributed by atoms with E-state index in [4.69, 9.17) is 4.98 Å². The molecule has 0 aliphatic carbocycles. The maximum Gasteiger partial charge on any atom is 0.254 e. The number of rotatable bonds is 7. The summed E-state index contributed by atoms with van der Waals surface area (Å²) in [7, 11) is 0. The smallest absolute Gasteiger partial charge is 0.254 e. The molecule has 2 N–H and O–H groups in total. The lowest BCUT2D eigenvalue weighted by atomic mass is 9.72. The Morgan fingerprint density at radius 1 is 1.02 bits per heavy atom. The summed E-state index contributed by atoms with van der Waals surface area (Å²) in [6.45, 7) is 3.14. The topological polar surface area (TPSA) is 100 Å². The zero-order valence-corrected chi connectivity index (χ0v) is 24.2. The number of amides is 2. The highest BCUT2D eigenvalue weighted by molar-refractivity contribution is 7.13. The van der Waals surface area contributed by atoms with Crippen LogP contribution in [0, 0.1) is 18.6 Å². The van der Waals surface area contributed by atoms with Crippen LogP contribution in [0.15, 0.2) is 72.2 Å². The number of imidazole rings is 1. The molecule has 0 unspecified atom stereocenters. The molecule has 6 rings (SSSR count). The van der Waals surface area contributed by atoms with Crippen LogP contribution in [0.4, 0.5) is 8.78 Å². The van der Waals surface area contributed by atoms with E-state index < -0.39 is 34.3 Å². The second-order valence-electron chi connectivity index (χ2n) is 10.7. The molecule has 2 amide bonds. The van der Waals surface area contributed by atoms with Gasteiger partial charge in [-0.2, -0.15) is 0 Å². The third-order valence-corrected chi connectivity index (χ3v) is 9.18. The number of likely N-dealkylation sites (tertiary alicyclic amines) is 1. The largest absolute Gasteiger partial charge is 0.503 e. The van der Waals surface area contributed by atoms with Gasteiger partial charge in [-0.3, -0.25) is 9.59 Å². The average Bonchev–Trinajstić information content (AvgIpc) is 3.62. The number of para-hydroxylation sites is 2. The summed E-state index contributed by atoms with van der Waals surface area (Å²) in [4.78, 5) is 38.5. The molecule has 8 nitrogen and oxygen atoms in total. The summed E-state index contributed by atoms with van der Waals surface area (Å²) in [6, 6.07) is 19.3. The number of fused-ring (bicyclic) bond motifs is 1. The van der Waals surface area contributed by atoms with Crippen molar-refractivity contribution in [1.82, 2.24) is 24.8 Å². The summed E-state index contributed by atoms with van der Waals surface area (Å²) in [5.74, 6) is -3.69. The van der Waals surface area contributed by atoms with Gasteiger partial charge in [0.2, 0.25) is 5.91 Å². The lowest BCUT2D eigenvalue weighted by Gasteiger charge is -2.42. The fourth-order valence-corrected chi connectivity index (χ4v) is 6.57. The molecule has 1 saturated heterocycles. The zero-order chi connectivity index (χ0) is 30.1. The number of aromatic nitrogens is 3. The minimum absolute atomic E-state index is 0.0406. The zero-order valence-electron chi connectivity index (χ0n) is 23.4. The fourth-order valence-electron chi connectivity index (χ4n) is 5.77. The Labute approximate surface area is 250 Å². The van der Waals surface area contributed by atoms with Gasteiger partial charge in [0.1, 0.15) is 6.54 Å². The first-order valence-corrected chi connectivity index (χ1v) is 14.8. The average molecular weight is 602 g/mol. The predicted octanol–water partition coefficient (Wildman–Crippen LogP) is 5.44. The molecule has 220 valence electrons. The van der Waals surface area contributed by atoms with Gasteiger partial charge in [0.05, 0.1) is 32.7 Å². The highest BCUT2D eigenvalue weighted by Crippen LogP contribution is 2.36. The number of phenolic OH excluding ortho intramolecular Hbond substituents is 1. The van der Waals surface area contributed by atoms with Gasteiger partial charge in [-0.1, -0.05) is 42.5 Å². The minimum Gasteiger partial charge on any atom is -0.503 e. The number of halogens is 2. The van der Waals surface area contributed by atoms with Gasteiger partial charge in [-0.25, -0.2) is 18.7 Å². The second kappa shape index (κ2) is 11.6. The van der Waals surface area contributed by atoms with Gasteiger partial charge in [0.15, 0.2) is 23.2 Å². The standard InChI is InChI=1S/C32H29F2N5O3S/c1-20-29(43-19-36-20)30-37-24-9-5-6-10-25(24)39(30)17-26(40)38-15-13-32(14-16-38,21-7-3-2-4-8-21)18-35-31(42)22-11-12-23(33)28(41)27(22)34/h2-12,19,41H,13-18H2,1H3,(H,35,42). The van der Waals surface area contributed by atoms with E-state index >= 15 is 0 Å². The fraction of sp³-hybridized carbons (Fsp3) is 0.250. The van der Waals surface area contributed by atoms with E-state index in [2.05, 4.69) is 10.3 Å². The van der Waals surface area contributed by atoms with Crippen LogP contribution in [0.3, 0.4) is 0 Å². The molecule has 1 fully saturated rings. The monoisotopic (exact) mass is 601 g/mol. The van der Waals surface area contributed by atoms with Crippen molar-refractivity contribution in [2.75, 3.05) is 19.6 Å². The number of carbonyl (C=O) groups is 2. The van der Waals surface area contributed by atoms with Crippen molar-refractivity contribution >= 4 is 34.2 Å². The summed E-state index contributed by atoms with van der Waals surface area (Å²) in [5.41, 5.74) is 4.35. The molecule has 3 aromatic carbocycles. The Morgan fingerprint density at radius 2 is 1.74 bits per heavy atom. The summed E-state index contributed by atoms with van der Waals surface area (Å²) >= 11 is 1.49. The molecule has 0 spiro atoms. The van der Waals surface area contributed by atoms with Crippen LogP contribution in [0.5, 0.6) is 5.75 Å². The summed E-state index contributed by atoms with van der Waals surface area (Å²) in [5, 5.41) is 12.4. The first kappa shape index (κ1) is 28.5. The lowest BCUT2D eigenvalue weighted by molar-refractivity contribution is -0.133. The minimum atomic E-state index is -1.30. The van der Waals surface area contributed by atoms with Crippen LogP contribution in [0.2, 0.25) is 0 Å². The Hall–Kier alpha value is -4.64. The van der Waals surface area contributed by atoms with Crippen molar-refractivity contribution in [1.29, 1.82) is 0 Å². The molecule has 0 saturated carbocycles. The van der Waals surface area contributed by atoms with Crippen molar-refractivity contribution < 1.29 is 23.5 Å². The lowest BCUT2D eigenvalue weighted by Crippen LogP contribution is -2.51. The van der Waals surface area contributed by atoms with Crippen LogP contribution in [-0.4, -0.2) is 56.0 Å². The second-order valence-corrected chi connectivity index (χ2v) is 11.6. The van der Waals surface area contributed by atoms with E-state index in [9.17, 15) is 23.5 Å². The number of phenols is 1. The molecule has 5 aromatic rings. The van der Waals surface area contributed by atoms with Gasteiger partial charge in [-0.15, -0.1) is 11.3 Å². The van der Waals surface area contributed by atoms with E-state index in [0.29, 0.717) is 31.8 Å². The SMILES string of the molecule is Cc1ncsc1-c1nc2ccccc2n1CC(=O)N1CCC(CNC(=O)c2ccc(F)c(O)c2F)(c2ccccc2)CC1. The molecule has 1 aliphatic heterocycles. The Balaban J connectivity index is 1.21. The molecule has 0 radical (unpaired) electrons. The van der Waals surface area contributed by atoms with Gasteiger partial charge in [-0.05, 0) is 49.6 Å². The molecular weight excluding hydrogens is 572 g/mol. The number of hydrogen-bond donors (Lipinski definition) is 2. The number of aryl methyl sites for hydroxylation is 1. The number of hydrogen-bond acceptors (Lipinski definition) is 6. The first-order valence-electron chi connectivity index (χ1n) is 13.9. The molecule has 43 heavy (non-hydrogen) atoms. The van der Waals surface area contributed by atoms with E-state index in [1.165, 1.54) is 11.3 Å². The number of aromatic hydroxyl groups is 1. The summed E-state index contributed by atoms with van der Waals surface area (Å²) < 4.78 is 29.9. The molecular formula is C32H29F2N5O3S. The molecule has 3 heterocycles. The van der Waals surface area contributed by atoms with Crippen molar-refractivity contribution in [3.05, 3.63) is 101 Å². The van der Waals surface area contributed by atoms with E-state index in [1.54, 1.807) is 5.51 Å². The normalized spacial score (nSPS) is 14.6. The highest BCUT2D eigenvalue weighted by Gasteiger charge is 2.38. The summed E-state index contributed by atoms with van der Waals surface area (Å²) in [6.07, 6.45) is 1.12. The number of thiazole rings is 1. The third-order valence-electron chi connectivity index (χ3n) is 8.25. The van der Waals surface area contributed by atoms with Crippen molar-refractivity contribution in [3.8, 4) is 16.5 Å². The molecule has 0 atom stereocenters. The first-order chi connectivity index (χ1) is 20.8. The van der Waals surface area contributed by atoms with Crippen LogP contribution in [0.25, 0.3) is 21.7 Å². The van der Waals surface area contributed by atoms with Crippen LogP contribution >= 0.6 is 11.3 Å². The number of benzene rings is 3.